The molecule has 8 heteroatoms. The van der Waals surface area contributed by atoms with E-state index in [1.54, 1.807) is 28.0 Å². The van der Waals surface area contributed by atoms with Crippen molar-refractivity contribution in [2.75, 3.05) is 19.6 Å². The fourth-order valence-corrected chi connectivity index (χ4v) is 5.33. The molecule has 210 valence electrons. The van der Waals surface area contributed by atoms with Gasteiger partial charge in [0.2, 0.25) is 17.7 Å². The van der Waals surface area contributed by atoms with Gasteiger partial charge >= 0.3 is 0 Å². The lowest BCUT2D eigenvalue weighted by Crippen LogP contribution is -2.65. The number of hydrogen-bond acceptors (Lipinski definition) is 4. The topological polar surface area (TPSA) is 95.7 Å². The number of nitrogens with zero attached hydrogens (tertiary/aromatic N) is 2. The molecule has 0 aliphatic carbocycles. The molecule has 4 rings (SSSR count). The number of nitrogens with two attached hydrogens (primary N) is 1. The van der Waals surface area contributed by atoms with E-state index < -0.39 is 18.1 Å². The van der Waals surface area contributed by atoms with Crippen molar-refractivity contribution in [2.45, 2.75) is 50.7 Å². The minimum atomic E-state index is -0.867. The van der Waals surface area contributed by atoms with Crippen LogP contribution in [-0.4, -0.2) is 65.3 Å². The van der Waals surface area contributed by atoms with Crippen molar-refractivity contribution < 1.29 is 18.8 Å². The molecule has 40 heavy (non-hydrogen) atoms. The van der Waals surface area contributed by atoms with Crippen molar-refractivity contribution in [3.05, 3.63) is 96.3 Å². The van der Waals surface area contributed by atoms with Crippen molar-refractivity contribution in [1.82, 2.24) is 15.1 Å². The summed E-state index contributed by atoms with van der Waals surface area (Å²) in [5.74, 6) is -1.19. The van der Waals surface area contributed by atoms with Crippen LogP contribution in [0.3, 0.4) is 0 Å². The second-order valence-corrected chi connectivity index (χ2v) is 10.2. The summed E-state index contributed by atoms with van der Waals surface area (Å²) in [7, 11) is 0. The first-order valence-electron chi connectivity index (χ1n) is 13.8. The van der Waals surface area contributed by atoms with Gasteiger partial charge in [0.15, 0.2) is 0 Å². The predicted molar refractivity (Wildman–Crippen MR) is 155 cm³/mol. The maximum Gasteiger partial charge on any atom is 0.246 e. The summed E-state index contributed by atoms with van der Waals surface area (Å²) in [5.41, 5.74) is 7.97. The lowest BCUT2D eigenvalue weighted by atomic mass is 9.96. The summed E-state index contributed by atoms with van der Waals surface area (Å²) < 4.78 is 13.3. The Morgan fingerprint density at radius 2 is 1.75 bits per heavy atom. The van der Waals surface area contributed by atoms with Crippen LogP contribution in [-0.2, 0) is 27.2 Å². The molecule has 1 saturated heterocycles. The first-order valence-corrected chi connectivity index (χ1v) is 13.8. The van der Waals surface area contributed by atoms with E-state index in [-0.39, 0.29) is 49.6 Å². The van der Waals surface area contributed by atoms with Crippen LogP contribution in [0.1, 0.15) is 30.9 Å². The van der Waals surface area contributed by atoms with Crippen LogP contribution in [0, 0.1) is 5.82 Å². The molecule has 0 aromatic heterocycles. The van der Waals surface area contributed by atoms with E-state index in [0.29, 0.717) is 19.3 Å². The molecule has 1 aliphatic heterocycles. The normalized spacial score (nSPS) is 17.0. The predicted octanol–water partition coefficient (Wildman–Crippen LogP) is 3.60. The average Bonchev–Trinajstić information content (AvgIpc) is 2.96. The van der Waals surface area contributed by atoms with Crippen LogP contribution in [0.25, 0.3) is 10.8 Å². The van der Waals surface area contributed by atoms with Crippen LogP contribution in [0.15, 0.2) is 79.4 Å². The summed E-state index contributed by atoms with van der Waals surface area (Å²) in [4.78, 5) is 43.9. The van der Waals surface area contributed by atoms with Crippen LogP contribution < -0.4 is 11.1 Å². The zero-order chi connectivity index (χ0) is 28.6. The van der Waals surface area contributed by atoms with E-state index >= 15 is 0 Å². The largest absolute Gasteiger partial charge is 0.351 e. The summed E-state index contributed by atoms with van der Waals surface area (Å²) in [6, 6.07) is 17.6. The Morgan fingerprint density at radius 1 is 1.05 bits per heavy atom. The van der Waals surface area contributed by atoms with Gasteiger partial charge in [-0.25, -0.2) is 4.39 Å². The quantitative estimate of drug-likeness (QED) is 0.361. The van der Waals surface area contributed by atoms with Crippen molar-refractivity contribution in [2.24, 2.45) is 5.73 Å². The lowest BCUT2D eigenvalue weighted by Gasteiger charge is -2.44. The number of benzene rings is 3. The first kappa shape index (κ1) is 29.0. The molecule has 7 nitrogen and oxygen atoms in total. The van der Waals surface area contributed by atoms with Crippen LogP contribution in [0.4, 0.5) is 4.39 Å². The Labute approximate surface area is 234 Å². The number of piperazine rings is 1. The molecular formula is C32H37FN4O3. The smallest absolute Gasteiger partial charge is 0.246 e. The Hall–Kier alpha value is -4.04. The van der Waals surface area contributed by atoms with E-state index in [2.05, 4.69) is 11.9 Å². The highest BCUT2D eigenvalue weighted by Gasteiger charge is 2.42. The van der Waals surface area contributed by atoms with Crippen molar-refractivity contribution in [3.63, 3.8) is 0 Å². The molecule has 3 atom stereocenters. The van der Waals surface area contributed by atoms with Crippen molar-refractivity contribution in [1.29, 1.82) is 0 Å². The summed E-state index contributed by atoms with van der Waals surface area (Å²) in [6.45, 7) is 6.42. The second-order valence-electron chi connectivity index (χ2n) is 10.2. The van der Waals surface area contributed by atoms with E-state index in [4.69, 9.17) is 5.73 Å². The molecule has 1 heterocycles. The number of carbonyl (C=O) groups excluding carboxylic acids is 3. The number of nitrogens with one attached hydrogen (secondary N) is 1. The first-order chi connectivity index (χ1) is 19.3. The molecule has 3 amide bonds. The standard InChI is InChI=1S/C32H37FN4O3/c1-3-7-28-32(40)37(18-17-36(28)31(39)27(34)20-22-11-14-26(33)15-12-22)29(30(38)35-16-4-2)21-23-10-13-24-8-5-6-9-25(24)19-23/h4-6,8-15,19,27-29H,2-3,7,16-18,20-21,34H2,1H3,(H,35,38)/t27?,28-,29?/m1/s1. The number of halogens is 1. The van der Waals surface area contributed by atoms with Gasteiger partial charge in [0.05, 0.1) is 6.04 Å². The minimum Gasteiger partial charge on any atom is -0.351 e. The molecule has 3 aromatic carbocycles. The van der Waals surface area contributed by atoms with Crippen molar-refractivity contribution >= 4 is 28.5 Å². The lowest BCUT2D eigenvalue weighted by molar-refractivity contribution is -0.156. The van der Waals surface area contributed by atoms with E-state index in [9.17, 15) is 18.8 Å². The molecule has 3 aromatic rings. The Balaban J connectivity index is 1.55. The van der Waals surface area contributed by atoms with Gasteiger partial charge in [-0.05, 0) is 46.9 Å². The summed E-state index contributed by atoms with van der Waals surface area (Å²) in [5, 5.41) is 5.02. The van der Waals surface area contributed by atoms with Crippen LogP contribution in [0.5, 0.6) is 0 Å². The highest BCUT2D eigenvalue weighted by Crippen LogP contribution is 2.23. The molecule has 0 saturated carbocycles. The average molecular weight is 545 g/mol. The highest BCUT2D eigenvalue weighted by atomic mass is 19.1. The SMILES string of the molecule is C=CCNC(=O)C(Cc1ccc2ccccc2c1)N1CCN(C(=O)C(N)Cc2ccc(F)cc2)[C@H](CCC)C1=O. The summed E-state index contributed by atoms with van der Waals surface area (Å²) >= 11 is 0. The van der Waals surface area contributed by atoms with Crippen LogP contribution >= 0.6 is 0 Å². The zero-order valence-corrected chi connectivity index (χ0v) is 22.9. The van der Waals surface area contributed by atoms with Crippen molar-refractivity contribution in [3.8, 4) is 0 Å². The number of amides is 3. The van der Waals surface area contributed by atoms with E-state index in [1.165, 1.54) is 12.1 Å². The maximum atomic E-state index is 13.9. The third-order valence-electron chi connectivity index (χ3n) is 7.40. The fraction of sp³-hybridized carbons (Fsp3) is 0.344. The Kier molecular flexibility index (Phi) is 9.66. The van der Waals surface area contributed by atoms with Gasteiger partial charge in [-0.15, -0.1) is 6.58 Å². The zero-order valence-electron chi connectivity index (χ0n) is 22.9. The Bertz CT molecular complexity index is 1360. The molecule has 0 spiro atoms. The van der Waals surface area contributed by atoms with Gasteiger partial charge in [-0.2, -0.15) is 0 Å². The van der Waals surface area contributed by atoms with E-state index in [1.807, 2.05) is 49.4 Å². The minimum absolute atomic E-state index is 0.216. The number of hydrogen-bond donors (Lipinski definition) is 2. The molecule has 2 unspecified atom stereocenters. The molecule has 1 aliphatic rings. The monoisotopic (exact) mass is 544 g/mol. The van der Waals surface area contributed by atoms with Gasteiger partial charge in [0.25, 0.3) is 0 Å². The fourth-order valence-electron chi connectivity index (χ4n) is 5.33. The van der Waals surface area contributed by atoms with E-state index in [0.717, 1.165) is 21.9 Å². The number of rotatable bonds is 11. The van der Waals surface area contributed by atoms with Gasteiger partial charge in [-0.1, -0.05) is 74.0 Å². The third kappa shape index (κ3) is 6.74. The maximum absolute atomic E-state index is 13.9. The Morgan fingerprint density at radius 3 is 2.45 bits per heavy atom. The van der Waals surface area contributed by atoms with Gasteiger partial charge < -0.3 is 20.9 Å². The molecule has 3 N–H and O–H groups in total. The number of carbonyl (C=O) groups is 3. The molecule has 0 radical (unpaired) electrons. The van der Waals surface area contributed by atoms with Gasteiger partial charge in [-0.3, -0.25) is 14.4 Å². The molecular weight excluding hydrogens is 507 g/mol. The second kappa shape index (κ2) is 13.3. The van der Waals surface area contributed by atoms with Crippen LogP contribution in [0.2, 0.25) is 0 Å². The summed E-state index contributed by atoms with van der Waals surface area (Å²) in [6.07, 6.45) is 3.32. The molecule has 0 bridgehead atoms. The van der Waals surface area contributed by atoms with Gasteiger partial charge in [0.1, 0.15) is 17.9 Å². The third-order valence-corrected chi connectivity index (χ3v) is 7.40. The molecule has 1 fully saturated rings. The number of fused-ring (bicyclic) bond motifs is 1. The highest BCUT2D eigenvalue weighted by molar-refractivity contribution is 5.94. The van der Waals surface area contributed by atoms with Gasteiger partial charge in [0, 0.05) is 26.1 Å².